The minimum absolute atomic E-state index is 0.0769. The Balaban J connectivity index is 3.32. The second kappa shape index (κ2) is 2.58. The van der Waals surface area contributed by atoms with Crippen LogP contribution in [0.25, 0.3) is 0 Å². The summed E-state index contributed by atoms with van der Waals surface area (Å²) in [6.45, 7) is 0.0769. The van der Waals surface area contributed by atoms with Gasteiger partial charge in [-0.05, 0) is 6.42 Å². The molecule has 0 saturated carbocycles. The summed E-state index contributed by atoms with van der Waals surface area (Å²) in [5, 5.41) is 8.10. The molecule has 0 heterocycles. The van der Waals surface area contributed by atoms with Gasteiger partial charge in [-0.25, -0.2) is 0 Å². The molecule has 0 aliphatic rings. The average molecular weight is 104 g/mol. The van der Waals surface area contributed by atoms with E-state index in [9.17, 15) is 4.79 Å². The number of aliphatic carboxylic acids is 1. The van der Waals surface area contributed by atoms with Crippen molar-refractivity contribution in [3.8, 4) is 0 Å². The Bertz CT molecular complexity index is 86.1. The molecule has 0 radical (unpaired) electrons. The van der Waals surface area contributed by atoms with E-state index in [1.807, 2.05) is 0 Å². The van der Waals surface area contributed by atoms with Crippen molar-refractivity contribution in [1.82, 2.24) is 0 Å². The Hall–Kier alpha value is -0.570. The standard InChI is InChI=1S/C4H9NO2/c1-2-3(5)4(6)7/h3H,2,5H2,1H3,(H,6,7)/t3-/m0/s1/i1D. The first-order valence-corrected chi connectivity index (χ1v) is 1.96. The fourth-order valence-electron chi connectivity index (χ4n) is 0.123. The molecule has 1 atom stereocenters. The summed E-state index contributed by atoms with van der Waals surface area (Å²) in [5.74, 6) is -1.03. The Kier molecular flexibility index (Phi) is 1.69. The van der Waals surface area contributed by atoms with E-state index in [0.717, 1.165) is 0 Å². The van der Waals surface area contributed by atoms with Crippen molar-refractivity contribution < 1.29 is 11.3 Å². The summed E-state index contributed by atoms with van der Waals surface area (Å²) in [4.78, 5) is 9.88. The van der Waals surface area contributed by atoms with Crippen LogP contribution < -0.4 is 5.73 Å². The van der Waals surface area contributed by atoms with E-state index in [0.29, 0.717) is 0 Å². The maximum absolute atomic E-state index is 9.88. The van der Waals surface area contributed by atoms with E-state index in [1.165, 1.54) is 0 Å². The molecule has 0 bridgehead atoms. The lowest BCUT2D eigenvalue weighted by Crippen LogP contribution is -2.28. The molecule has 0 aliphatic heterocycles. The highest BCUT2D eigenvalue weighted by atomic mass is 16.4. The number of carboxylic acid groups (broad SMARTS) is 1. The molecule has 0 rings (SSSR count). The molecule has 0 unspecified atom stereocenters. The van der Waals surface area contributed by atoms with Gasteiger partial charge in [0.15, 0.2) is 0 Å². The third-order valence-electron chi connectivity index (χ3n) is 0.628. The molecule has 0 fully saturated rings. The lowest BCUT2D eigenvalue weighted by atomic mass is 10.2. The highest BCUT2D eigenvalue weighted by molar-refractivity contribution is 5.72. The second-order valence-electron chi connectivity index (χ2n) is 1.23. The predicted octanol–water partition coefficient (Wildman–Crippen LogP) is -0.192. The number of rotatable bonds is 2. The van der Waals surface area contributed by atoms with Crippen LogP contribution in [0.5, 0.6) is 0 Å². The number of nitrogens with two attached hydrogens (primary N) is 1. The molecule has 0 spiro atoms. The molecule has 3 N–H and O–H groups in total. The Morgan fingerprint density at radius 2 is 2.86 bits per heavy atom. The van der Waals surface area contributed by atoms with Gasteiger partial charge in [-0.2, -0.15) is 0 Å². The summed E-state index contributed by atoms with van der Waals surface area (Å²) in [6, 6.07) is -0.854. The predicted molar refractivity (Wildman–Crippen MR) is 25.9 cm³/mol. The maximum Gasteiger partial charge on any atom is 0.320 e. The van der Waals surface area contributed by atoms with E-state index in [4.69, 9.17) is 12.2 Å². The van der Waals surface area contributed by atoms with Crippen molar-refractivity contribution in [2.45, 2.75) is 19.4 Å². The molecule has 0 saturated heterocycles. The Morgan fingerprint density at radius 3 is 3.00 bits per heavy atom. The lowest BCUT2D eigenvalue weighted by Gasteiger charge is -1.97. The molecule has 7 heavy (non-hydrogen) atoms. The normalized spacial score (nSPS) is 15.3. The van der Waals surface area contributed by atoms with Gasteiger partial charge in [-0.3, -0.25) is 4.79 Å². The van der Waals surface area contributed by atoms with Crippen molar-refractivity contribution in [3.63, 3.8) is 0 Å². The fraction of sp³-hybridized carbons (Fsp3) is 0.750. The van der Waals surface area contributed by atoms with E-state index in [-0.39, 0.29) is 13.3 Å². The summed E-state index contributed by atoms with van der Waals surface area (Å²) in [5.41, 5.74) is 5.01. The van der Waals surface area contributed by atoms with Gasteiger partial charge in [0.2, 0.25) is 0 Å². The zero-order chi connectivity index (χ0) is 6.57. The SMILES string of the molecule is [2H]CC[C@H](N)C(=O)O. The van der Waals surface area contributed by atoms with Crippen LogP contribution in [0.15, 0.2) is 0 Å². The van der Waals surface area contributed by atoms with Gasteiger partial charge in [0, 0.05) is 1.37 Å². The van der Waals surface area contributed by atoms with Crippen LogP contribution in [0.2, 0.25) is 0 Å². The van der Waals surface area contributed by atoms with Crippen molar-refractivity contribution in [1.29, 1.82) is 0 Å². The largest absolute Gasteiger partial charge is 0.480 e. The third kappa shape index (κ3) is 2.17. The molecule has 0 aromatic rings. The molecular formula is C4H9NO2. The topological polar surface area (TPSA) is 63.3 Å². The van der Waals surface area contributed by atoms with Crippen molar-refractivity contribution in [3.05, 3.63) is 0 Å². The molecule has 0 aromatic carbocycles. The van der Waals surface area contributed by atoms with Crippen LogP contribution in [-0.4, -0.2) is 17.1 Å². The van der Waals surface area contributed by atoms with Gasteiger partial charge >= 0.3 is 5.97 Å². The first kappa shape index (κ1) is 4.59. The molecule has 0 aliphatic carbocycles. The van der Waals surface area contributed by atoms with E-state index in [2.05, 4.69) is 0 Å². The number of hydrogen-bond acceptors (Lipinski definition) is 2. The second-order valence-corrected chi connectivity index (χ2v) is 1.23. The smallest absolute Gasteiger partial charge is 0.320 e. The molecule has 42 valence electrons. The van der Waals surface area contributed by atoms with Crippen LogP contribution in [0, 0.1) is 0 Å². The monoisotopic (exact) mass is 104 g/mol. The van der Waals surface area contributed by atoms with Crippen molar-refractivity contribution in [2.24, 2.45) is 5.73 Å². The van der Waals surface area contributed by atoms with Crippen molar-refractivity contribution >= 4 is 5.97 Å². The third-order valence-corrected chi connectivity index (χ3v) is 0.628. The number of hydrogen-bond donors (Lipinski definition) is 2. The minimum Gasteiger partial charge on any atom is -0.480 e. The molecule has 3 nitrogen and oxygen atoms in total. The van der Waals surface area contributed by atoms with Gasteiger partial charge in [0.25, 0.3) is 0 Å². The van der Waals surface area contributed by atoms with E-state index >= 15 is 0 Å². The zero-order valence-corrected chi connectivity index (χ0v) is 3.92. The van der Waals surface area contributed by atoms with Gasteiger partial charge in [0.1, 0.15) is 6.04 Å². The highest BCUT2D eigenvalue weighted by Gasteiger charge is 2.05. The lowest BCUT2D eigenvalue weighted by molar-refractivity contribution is -0.138. The van der Waals surface area contributed by atoms with Crippen LogP contribution in [0.3, 0.4) is 0 Å². The van der Waals surface area contributed by atoms with Gasteiger partial charge in [-0.1, -0.05) is 6.90 Å². The Morgan fingerprint density at radius 1 is 2.29 bits per heavy atom. The summed E-state index contributed by atoms with van der Waals surface area (Å²) < 4.78 is 6.58. The summed E-state index contributed by atoms with van der Waals surface area (Å²) in [7, 11) is 0. The van der Waals surface area contributed by atoms with Crippen LogP contribution in [-0.2, 0) is 4.79 Å². The molecular weight excluding hydrogens is 94.0 g/mol. The zero-order valence-electron chi connectivity index (χ0n) is 4.92. The maximum atomic E-state index is 9.88. The van der Waals surface area contributed by atoms with Gasteiger partial charge in [0.05, 0.1) is 0 Å². The first-order chi connectivity index (χ1) is 3.68. The minimum atomic E-state index is -1.03. The highest BCUT2D eigenvalue weighted by Crippen LogP contribution is 1.82. The van der Waals surface area contributed by atoms with Gasteiger partial charge in [-0.15, -0.1) is 0 Å². The first-order valence-electron chi connectivity index (χ1n) is 2.67. The molecule has 3 heteroatoms. The Labute approximate surface area is 43.5 Å². The number of carbonyl (C=O) groups is 1. The summed E-state index contributed by atoms with van der Waals surface area (Å²) >= 11 is 0. The van der Waals surface area contributed by atoms with Crippen LogP contribution in [0.1, 0.15) is 14.7 Å². The molecule has 0 aromatic heterocycles. The average Bonchev–Trinajstić information content (AvgIpc) is 1.67. The quantitative estimate of drug-likeness (QED) is 0.510. The van der Waals surface area contributed by atoms with Crippen LogP contribution in [0.4, 0.5) is 0 Å². The van der Waals surface area contributed by atoms with Crippen LogP contribution >= 0.6 is 0 Å². The fourth-order valence-corrected chi connectivity index (χ4v) is 0.123. The van der Waals surface area contributed by atoms with E-state index in [1.54, 1.807) is 0 Å². The molecule has 0 amide bonds. The van der Waals surface area contributed by atoms with Crippen molar-refractivity contribution in [2.75, 3.05) is 0 Å². The van der Waals surface area contributed by atoms with Gasteiger partial charge < -0.3 is 10.8 Å². The van der Waals surface area contributed by atoms with E-state index < -0.39 is 12.0 Å². The summed E-state index contributed by atoms with van der Waals surface area (Å²) in [6.07, 6.45) is 0.231. The number of carboxylic acids is 1.